The highest BCUT2D eigenvalue weighted by Crippen LogP contribution is 2.23. The number of carbonyl (C=O) groups is 2. The van der Waals surface area contributed by atoms with Crippen LogP contribution < -0.4 is 5.56 Å². The number of rotatable bonds is 6. The lowest BCUT2D eigenvalue weighted by atomic mass is 10.1. The monoisotopic (exact) mass is 419 g/mol. The number of hydrogen-bond acceptors (Lipinski definition) is 5. The van der Waals surface area contributed by atoms with Gasteiger partial charge in [0.15, 0.2) is 0 Å². The van der Waals surface area contributed by atoms with Crippen molar-refractivity contribution in [3.63, 3.8) is 0 Å². The summed E-state index contributed by atoms with van der Waals surface area (Å²) in [5.74, 6) is -0.272. The van der Waals surface area contributed by atoms with Crippen LogP contribution in [0.3, 0.4) is 0 Å². The van der Waals surface area contributed by atoms with Crippen molar-refractivity contribution in [1.29, 1.82) is 0 Å². The van der Waals surface area contributed by atoms with E-state index in [4.69, 9.17) is 4.74 Å². The number of benzene rings is 2. The Kier molecular flexibility index (Phi) is 6.40. The number of H-pyrrole nitrogens is 1. The van der Waals surface area contributed by atoms with Crippen LogP contribution in [0.25, 0.3) is 10.9 Å². The summed E-state index contributed by atoms with van der Waals surface area (Å²) in [6.07, 6.45) is 2.30. The van der Waals surface area contributed by atoms with Crippen molar-refractivity contribution in [2.75, 3.05) is 13.1 Å². The zero-order valence-electron chi connectivity index (χ0n) is 17.3. The molecular formula is C24H25N3O4. The summed E-state index contributed by atoms with van der Waals surface area (Å²) in [4.78, 5) is 46.8. The van der Waals surface area contributed by atoms with Gasteiger partial charge < -0.3 is 14.6 Å². The first-order chi connectivity index (χ1) is 15.1. The van der Waals surface area contributed by atoms with E-state index in [1.54, 1.807) is 35.2 Å². The van der Waals surface area contributed by atoms with Gasteiger partial charge in [-0.05, 0) is 31.4 Å². The Morgan fingerprint density at radius 3 is 2.48 bits per heavy atom. The summed E-state index contributed by atoms with van der Waals surface area (Å²) >= 11 is 0. The number of ether oxygens (including phenoxy) is 1. The first-order valence-corrected chi connectivity index (χ1v) is 10.6. The van der Waals surface area contributed by atoms with Crippen LogP contribution in [0.15, 0.2) is 59.4 Å². The van der Waals surface area contributed by atoms with E-state index in [0.717, 1.165) is 19.3 Å². The highest BCUT2D eigenvalue weighted by molar-refractivity contribution is 5.85. The summed E-state index contributed by atoms with van der Waals surface area (Å²) in [5.41, 5.74) is 0.997. The molecule has 4 rings (SSSR count). The van der Waals surface area contributed by atoms with Crippen LogP contribution in [0, 0.1) is 0 Å². The third-order valence-corrected chi connectivity index (χ3v) is 5.47. The Balaban J connectivity index is 1.46. The molecule has 7 heteroatoms. The van der Waals surface area contributed by atoms with Crippen molar-refractivity contribution in [3.8, 4) is 0 Å². The van der Waals surface area contributed by atoms with Crippen LogP contribution >= 0.6 is 0 Å². The molecule has 0 spiro atoms. The molecule has 31 heavy (non-hydrogen) atoms. The minimum atomic E-state index is -0.963. The number of para-hydroxylation sites is 1. The van der Waals surface area contributed by atoms with E-state index in [1.807, 2.05) is 24.3 Å². The van der Waals surface area contributed by atoms with E-state index >= 15 is 0 Å². The van der Waals surface area contributed by atoms with Crippen LogP contribution in [0.2, 0.25) is 0 Å². The molecule has 1 aliphatic rings. The topological polar surface area (TPSA) is 92.4 Å². The van der Waals surface area contributed by atoms with Crippen molar-refractivity contribution in [2.45, 2.75) is 38.2 Å². The third kappa shape index (κ3) is 4.99. The van der Waals surface area contributed by atoms with Gasteiger partial charge >= 0.3 is 5.97 Å². The first kappa shape index (κ1) is 20.8. The van der Waals surface area contributed by atoms with E-state index in [9.17, 15) is 14.4 Å². The number of aromatic nitrogens is 2. The first-order valence-electron chi connectivity index (χ1n) is 10.6. The minimum Gasteiger partial charge on any atom is -0.447 e. The Labute approximate surface area is 180 Å². The zero-order valence-corrected chi connectivity index (χ0v) is 17.3. The SMILES string of the molecule is O=C(CCc1nc2ccccc2c(=O)[nH]1)O[C@H](C(=O)N1CCCCC1)c1ccccc1. The Morgan fingerprint density at radius 2 is 1.71 bits per heavy atom. The standard InChI is InChI=1S/C24H25N3O4/c28-21(14-13-20-25-19-12-6-5-11-18(19)23(29)26-20)31-22(17-9-3-1-4-10-17)24(30)27-15-7-2-8-16-27/h1,3-6,9-12,22H,2,7-8,13-16H2,(H,25,26,29)/t22-/m0/s1. The molecule has 1 amide bonds. The second-order valence-corrected chi connectivity index (χ2v) is 7.70. The van der Waals surface area contributed by atoms with Gasteiger partial charge in [0.2, 0.25) is 6.10 Å². The van der Waals surface area contributed by atoms with E-state index in [0.29, 0.717) is 35.4 Å². The largest absolute Gasteiger partial charge is 0.447 e. The quantitative estimate of drug-likeness (QED) is 0.620. The predicted octanol–water partition coefficient (Wildman–Crippen LogP) is 3.15. The summed E-state index contributed by atoms with van der Waals surface area (Å²) in [7, 11) is 0. The van der Waals surface area contributed by atoms with Crippen molar-refractivity contribution in [2.24, 2.45) is 0 Å². The van der Waals surface area contributed by atoms with Crippen LogP contribution in [0.1, 0.15) is 43.2 Å². The van der Waals surface area contributed by atoms with Crippen LogP contribution in [-0.2, 0) is 20.7 Å². The van der Waals surface area contributed by atoms with Crippen LogP contribution in [0.4, 0.5) is 0 Å². The molecule has 0 radical (unpaired) electrons. The molecule has 1 atom stereocenters. The molecular weight excluding hydrogens is 394 g/mol. The number of fused-ring (bicyclic) bond motifs is 1. The fourth-order valence-corrected chi connectivity index (χ4v) is 3.83. The lowest BCUT2D eigenvalue weighted by molar-refractivity contribution is -0.161. The molecule has 3 aromatic rings. The van der Waals surface area contributed by atoms with Crippen LogP contribution in [0.5, 0.6) is 0 Å². The van der Waals surface area contributed by atoms with E-state index < -0.39 is 12.1 Å². The molecule has 0 saturated carbocycles. The van der Waals surface area contributed by atoms with Gasteiger partial charge in [-0.25, -0.2) is 4.98 Å². The number of carbonyl (C=O) groups excluding carboxylic acids is 2. The van der Waals surface area contributed by atoms with Gasteiger partial charge in [-0.1, -0.05) is 42.5 Å². The molecule has 1 aromatic heterocycles. The molecule has 2 heterocycles. The van der Waals surface area contributed by atoms with Crippen molar-refractivity contribution < 1.29 is 14.3 Å². The molecule has 0 bridgehead atoms. The van der Waals surface area contributed by atoms with Gasteiger partial charge in [-0.2, -0.15) is 0 Å². The Bertz CT molecular complexity index is 1120. The smallest absolute Gasteiger partial charge is 0.307 e. The lowest BCUT2D eigenvalue weighted by Gasteiger charge is -2.30. The van der Waals surface area contributed by atoms with Crippen LogP contribution in [-0.4, -0.2) is 39.8 Å². The zero-order chi connectivity index (χ0) is 21.6. The second kappa shape index (κ2) is 9.55. The van der Waals surface area contributed by atoms with Gasteiger partial charge in [0, 0.05) is 25.1 Å². The van der Waals surface area contributed by atoms with Gasteiger partial charge in [0.1, 0.15) is 5.82 Å². The fourth-order valence-electron chi connectivity index (χ4n) is 3.83. The number of nitrogens with one attached hydrogen (secondary N) is 1. The highest BCUT2D eigenvalue weighted by Gasteiger charge is 2.30. The molecule has 160 valence electrons. The summed E-state index contributed by atoms with van der Waals surface area (Å²) in [6, 6.07) is 16.1. The van der Waals surface area contributed by atoms with Crippen molar-refractivity contribution in [3.05, 3.63) is 76.3 Å². The molecule has 0 unspecified atom stereocenters. The summed E-state index contributed by atoms with van der Waals surface area (Å²) < 4.78 is 5.64. The second-order valence-electron chi connectivity index (χ2n) is 7.70. The van der Waals surface area contributed by atoms with Gasteiger partial charge in [0.25, 0.3) is 11.5 Å². The fraction of sp³-hybridized carbons (Fsp3) is 0.333. The molecule has 0 aliphatic carbocycles. The van der Waals surface area contributed by atoms with Gasteiger partial charge in [-0.3, -0.25) is 14.4 Å². The normalized spacial score (nSPS) is 14.9. The summed E-state index contributed by atoms with van der Waals surface area (Å²) in [5, 5.41) is 0.505. The highest BCUT2D eigenvalue weighted by atomic mass is 16.5. The average Bonchev–Trinajstić information content (AvgIpc) is 2.82. The van der Waals surface area contributed by atoms with Gasteiger partial charge in [-0.15, -0.1) is 0 Å². The number of aromatic amines is 1. The lowest BCUT2D eigenvalue weighted by Crippen LogP contribution is -2.40. The molecule has 7 nitrogen and oxygen atoms in total. The predicted molar refractivity (Wildman–Crippen MR) is 116 cm³/mol. The number of likely N-dealkylation sites (tertiary alicyclic amines) is 1. The number of aryl methyl sites for hydroxylation is 1. The van der Waals surface area contributed by atoms with Crippen molar-refractivity contribution in [1.82, 2.24) is 14.9 Å². The van der Waals surface area contributed by atoms with E-state index in [1.165, 1.54) is 0 Å². The molecule has 1 N–H and O–H groups in total. The minimum absolute atomic E-state index is 0.0118. The molecule has 1 fully saturated rings. The van der Waals surface area contributed by atoms with Gasteiger partial charge in [0.05, 0.1) is 17.3 Å². The average molecular weight is 419 g/mol. The Hall–Kier alpha value is -3.48. The molecule has 1 aliphatic heterocycles. The number of nitrogens with zero attached hydrogens (tertiary/aromatic N) is 2. The third-order valence-electron chi connectivity index (χ3n) is 5.47. The van der Waals surface area contributed by atoms with E-state index in [2.05, 4.69) is 9.97 Å². The number of esters is 1. The maximum atomic E-state index is 13.1. The Morgan fingerprint density at radius 1 is 1.00 bits per heavy atom. The maximum absolute atomic E-state index is 13.1. The number of hydrogen-bond donors (Lipinski definition) is 1. The summed E-state index contributed by atoms with van der Waals surface area (Å²) in [6.45, 7) is 1.37. The maximum Gasteiger partial charge on any atom is 0.307 e. The van der Waals surface area contributed by atoms with Crippen molar-refractivity contribution >= 4 is 22.8 Å². The van der Waals surface area contributed by atoms with E-state index in [-0.39, 0.29) is 24.3 Å². The number of amides is 1. The molecule has 2 aromatic carbocycles. The number of piperidine rings is 1. The molecule has 1 saturated heterocycles.